The lowest BCUT2D eigenvalue weighted by Crippen LogP contribution is -2.40. The fraction of sp³-hybridized carbons (Fsp3) is 0.545. The molecule has 17 heavy (non-hydrogen) atoms. The number of carboxylic acid groups (broad SMARTS) is 1. The quantitative estimate of drug-likeness (QED) is 0.819. The maximum absolute atomic E-state index is 11.9. The third kappa shape index (κ3) is 2.64. The van der Waals surface area contributed by atoms with Crippen LogP contribution in [0.3, 0.4) is 0 Å². The molecule has 1 N–H and O–H groups in total. The second kappa shape index (κ2) is 4.99. The second-order valence-electron chi connectivity index (χ2n) is 4.13. The summed E-state index contributed by atoms with van der Waals surface area (Å²) in [5.41, 5.74) is 0. The van der Waals surface area contributed by atoms with Gasteiger partial charge in [0.1, 0.15) is 6.04 Å². The number of nitrogens with zero attached hydrogens (tertiary/aromatic N) is 3. The van der Waals surface area contributed by atoms with Crippen LogP contribution in [0.1, 0.15) is 19.3 Å². The van der Waals surface area contributed by atoms with E-state index >= 15 is 0 Å². The molecule has 0 spiro atoms. The molecule has 1 aliphatic heterocycles. The molecule has 6 heteroatoms. The largest absolute Gasteiger partial charge is 0.480 e. The summed E-state index contributed by atoms with van der Waals surface area (Å²) >= 11 is 0. The summed E-state index contributed by atoms with van der Waals surface area (Å²) in [5, 5.41) is 8.98. The van der Waals surface area contributed by atoms with E-state index in [-0.39, 0.29) is 5.91 Å². The number of hydrogen-bond donors (Lipinski definition) is 1. The zero-order valence-electron chi connectivity index (χ0n) is 9.45. The summed E-state index contributed by atoms with van der Waals surface area (Å²) in [4.78, 5) is 28.2. The minimum absolute atomic E-state index is 0.0939. The van der Waals surface area contributed by atoms with Crippen molar-refractivity contribution >= 4 is 11.9 Å². The van der Waals surface area contributed by atoms with Crippen molar-refractivity contribution < 1.29 is 14.7 Å². The summed E-state index contributed by atoms with van der Waals surface area (Å²) in [6, 6.07) is -0.634. The monoisotopic (exact) mass is 237 g/mol. The molecule has 0 unspecified atom stereocenters. The van der Waals surface area contributed by atoms with Crippen LogP contribution in [0.25, 0.3) is 0 Å². The highest BCUT2D eigenvalue weighted by Crippen LogP contribution is 2.18. The van der Waals surface area contributed by atoms with E-state index in [0.29, 0.717) is 25.9 Å². The summed E-state index contributed by atoms with van der Waals surface area (Å²) in [6.07, 6.45) is 6.73. The molecular weight excluding hydrogens is 222 g/mol. The highest BCUT2D eigenvalue weighted by Gasteiger charge is 2.33. The molecule has 1 aromatic heterocycles. The average molecular weight is 237 g/mol. The van der Waals surface area contributed by atoms with Crippen LogP contribution in [0, 0.1) is 0 Å². The zero-order chi connectivity index (χ0) is 12.3. The van der Waals surface area contributed by atoms with Crippen LogP contribution in [0.2, 0.25) is 0 Å². The number of aliphatic carboxylic acids is 1. The van der Waals surface area contributed by atoms with E-state index in [1.54, 1.807) is 18.7 Å². The molecule has 2 heterocycles. The van der Waals surface area contributed by atoms with Crippen molar-refractivity contribution in [2.45, 2.75) is 31.8 Å². The number of aryl methyl sites for hydroxylation is 1. The molecule has 0 bridgehead atoms. The van der Waals surface area contributed by atoms with Gasteiger partial charge in [-0.25, -0.2) is 9.78 Å². The van der Waals surface area contributed by atoms with Gasteiger partial charge in [-0.2, -0.15) is 0 Å². The van der Waals surface area contributed by atoms with Gasteiger partial charge in [0.2, 0.25) is 5.91 Å². The van der Waals surface area contributed by atoms with Crippen LogP contribution in [0.5, 0.6) is 0 Å². The highest BCUT2D eigenvalue weighted by atomic mass is 16.4. The number of aromatic nitrogens is 2. The summed E-state index contributed by atoms with van der Waals surface area (Å²) in [5.74, 6) is -0.998. The van der Waals surface area contributed by atoms with Crippen molar-refractivity contribution in [3.63, 3.8) is 0 Å². The first-order chi connectivity index (χ1) is 8.18. The maximum atomic E-state index is 11.9. The second-order valence-corrected chi connectivity index (χ2v) is 4.13. The average Bonchev–Trinajstić information content (AvgIpc) is 2.96. The number of amides is 1. The molecule has 1 saturated heterocycles. The Morgan fingerprint density at radius 3 is 2.94 bits per heavy atom. The molecule has 0 saturated carbocycles. The molecule has 1 amide bonds. The van der Waals surface area contributed by atoms with Gasteiger partial charge in [-0.05, 0) is 12.8 Å². The van der Waals surface area contributed by atoms with E-state index in [2.05, 4.69) is 4.98 Å². The van der Waals surface area contributed by atoms with Crippen LogP contribution in [-0.2, 0) is 16.1 Å². The lowest BCUT2D eigenvalue weighted by atomic mass is 10.2. The zero-order valence-corrected chi connectivity index (χ0v) is 9.45. The molecule has 6 nitrogen and oxygen atoms in total. The van der Waals surface area contributed by atoms with Crippen molar-refractivity contribution in [3.05, 3.63) is 18.7 Å². The van der Waals surface area contributed by atoms with Crippen molar-refractivity contribution in [1.29, 1.82) is 0 Å². The SMILES string of the molecule is O=C(O)[C@H]1CCCN1C(=O)CCn1ccnc1. The number of carboxylic acids is 1. The van der Waals surface area contributed by atoms with E-state index in [0.717, 1.165) is 6.42 Å². The Morgan fingerprint density at radius 1 is 1.47 bits per heavy atom. The van der Waals surface area contributed by atoms with Crippen LogP contribution >= 0.6 is 0 Å². The van der Waals surface area contributed by atoms with Gasteiger partial charge in [0.15, 0.2) is 0 Å². The number of rotatable bonds is 4. The van der Waals surface area contributed by atoms with Gasteiger partial charge in [0, 0.05) is 31.9 Å². The molecule has 1 aromatic rings. The Morgan fingerprint density at radius 2 is 2.29 bits per heavy atom. The summed E-state index contributed by atoms with van der Waals surface area (Å²) < 4.78 is 1.81. The predicted molar refractivity (Wildman–Crippen MR) is 59.2 cm³/mol. The molecule has 1 atom stereocenters. The van der Waals surface area contributed by atoms with Crippen LogP contribution in [0.15, 0.2) is 18.7 Å². The Hall–Kier alpha value is -1.85. The van der Waals surface area contributed by atoms with E-state index in [4.69, 9.17) is 5.11 Å². The number of imidazole rings is 1. The van der Waals surface area contributed by atoms with Crippen LogP contribution in [-0.4, -0.2) is 44.0 Å². The topological polar surface area (TPSA) is 75.4 Å². The van der Waals surface area contributed by atoms with Gasteiger partial charge < -0.3 is 14.6 Å². The molecule has 1 fully saturated rings. The van der Waals surface area contributed by atoms with E-state index < -0.39 is 12.0 Å². The number of carbonyl (C=O) groups excluding carboxylic acids is 1. The minimum atomic E-state index is -0.904. The minimum Gasteiger partial charge on any atom is -0.480 e. The summed E-state index contributed by atoms with van der Waals surface area (Å²) in [7, 11) is 0. The normalized spacial score (nSPS) is 19.5. The van der Waals surface area contributed by atoms with E-state index in [9.17, 15) is 9.59 Å². The number of hydrogen-bond acceptors (Lipinski definition) is 3. The molecule has 0 aliphatic carbocycles. The van der Waals surface area contributed by atoms with Gasteiger partial charge >= 0.3 is 5.97 Å². The fourth-order valence-electron chi connectivity index (χ4n) is 2.11. The first-order valence-electron chi connectivity index (χ1n) is 5.66. The molecule has 0 radical (unpaired) electrons. The van der Waals surface area contributed by atoms with Crippen molar-refractivity contribution in [3.8, 4) is 0 Å². The lowest BCUT2D eigenvalue weighted by molar-refractivity contribution is -0.148. The summed E-state index contributed by atoms with van der Waals surface area (Å²) in [6.45, 7) is 1.10. The van der Waals surface area contributed by atoms with Gasteiger partial charge in [-0.1, -0.05) is 0 Å². The first-order valence-corrected chi connectivity index (χ1v) is 5.66. The molecule has 0 aromatic carbocycles. The Kier molecular flexibility index (Phi) is 3.41. The molecule has 1 aliphatic rings. The molecule has 92 valence electrons. The Labute approximate surface area is 98.9 Å². The number of likely N-dealkylation sites (tertiary alicyclic amines) is 1. The smallest absolute Gasteiger partial charge is 0.326 e. The van der Waals surface area contributed by atoms with Gasteiger partial charge in [0.25, 0.3) is 0 Å². The van der Waals surface area contributed by atoms with Gasteiger partial charge in [-0.3, -0.25) is 4.79 Å². The van der Waals surface area contributed by atoms with E-state index in [1.165, 1.54) is 4.90 Å². The van der Waals surface area contributed by atoms with Gasteiger partial charge in [-0.15, -0.1) is 0 Å². The molecule has 2 rings (SSSR count). The first kappa shape index (κ1) is 11.6. The highest BCUT2D eigenvalue weighted by molar-refractivity contribution is 5.84. The fourth-order valence-corrected chi connectivity index (χ4v) is 2.11. The molecular formula is C11H15N3O3. The number of carbonyl (C=O) groups is 2. The van der Waals surface area contributed by atoms with Gasteiger partial charge in [0.05, 0.1) is 6.33 Å². The van der Waals surface area contributed by atoms with E-state index in [1.807, 2.05) is 4.57 Å². The van der Waals surface area contributed by atoms with Crippen LogP contribution in [0.4, 0.5) is 0 Å². The Bertz CT molecular complexity index is 402. The maximum Gasteiger partial charge on any atom is 0.326 e. The van der Waals surface area contributed by atoms with Crippen LogP contribution < -0.4 is 0 Å². The Balaban J connectivity index is 1.89. The third-order valence-corrected chi connectivity index (χ3v) is 3.00. The lowest BCUT2D eigenvalue weighted by Gasteiger charge is -2.21. The standard InChI is InChI=1S/C11H15N3O3/c15-10(3-6-13-7-4-12-8-13)14-5-1-2-9(14)11(16)17/h4,7-9H,1-3,5-6H2,(H,16,17)/t9-/m1/s1. The van der Waals surface area contributed by atoms with Crippen molar-refractivity contribution in [2.75, 3.05) is 6.54 Å². The predicted octanol–water partition coefficient (Wildman–Crippen LogP) is 0.349. The van der Waals surface area contributed by atoms with Crippen molar-refractivity contribution in [1.82, 2.24) is 14.5 Å². The third-order valence-electron chi connectivity index (χ3n) is 3.00. The van der Waals surface area contributed by atoms with Crippen molar-refractivity contribution in [2.24, 2.45) is 0 Å².